The second kappa shape index (κ2) is 8.32. The molecule has 6 nitrogen and oxygen atoms in total. The van der Waals surface area contributed by atoms with E-state index in [1.165, 1.54) is 0 Å². The largest absolute Gasteiger partial charge is 0.496 e. The summed E-state index contributed by atoms with van der Waals surface area (Å²) in [6.07, 6.45) is 1.67. The van der Waals surface area contributed by atoms with Crippen LogP contribution in [-0.4, -0.2) is 26.6 Å². The third-order valence-electron chi connectivity index (χ3n) is 5.32. The molecule has 0 saturated carbocycles. The number of methoxy groups -OCH3 is 1. The SMILES string of the molecule is COc1ccccc1-c1ccc2nc(-c3cccnc3N)n(-c3ccc(CCl)cc3)c2n1. The molecule has 0 fully saturated rings. The van der Waals surface area contributed by atoms with Crippen molar-refractivity contribution in [2.45, 2.75) is 5.88 Å². The van der Waals surface area contributed by atoms with Crippen LogP contribution in [0.1, 0.15) is 5.56 Å². The maximum atomic E-state index is 6.21. The number of nitrogen functional groups attached to an aromatic ring is 1. The van der Waals surface area contributed by atoms with Gasteiger partial charge in [0.25, 0.3) is 0 Å². The Morgan fingerprint density at radius 2 is 1.69 bits per heavy atom. The van der Waals surface area contributed by atoms with Crippen molar-refractivity contribution in [2.24, 2.45) is 0 Å². The zero-order chi connectivity index (χ0) is 22.1. The van der Waals surface area contributed by atoms with Gasteiger partial charge in [-0.2, -0.15) is 0 Å². The van der Waals surface area contributed by atoms with E-state index < -0.39 is 0 Å². The number of nitrogens with two attached hydrogens (primary N) is 1. The van der Waals surface area contributed by atoms with Gasteiger partial charge in [-0.25, -0.2) is 15.0 Å². The number of hydrogen-bond donors (Lipinski definition) is 1. The van der Waals surface area contributed by atoms with Crippen LogP contribution in [0.25, 0.3) is 39.5 Å². The zero-order valence-electron chi connectivity index (χ0n) is 17.4. The zero-order valence-corrected chi connectivity index (χ0v) is 18.1. The number of fused-ring (bicyclic) bond motifs is 1. The average Bonchev–Trinajstić information content (AvgIpc) is 3.22. The van der Waals surface area contributed by atoms with E-state index in [1.807, 2.05) is 77.4 Å². The Kier molecular flexibility index (Phi) is 5.21. The molecule has 5 rings (SSSR count). The van der Waals surface area contributed by atoms with E-state index in [2.05, 4.69) is 4.98 Å². The van der Waals surface area contributed by atoms with Crippen LogP contribution in [0.15, 0.2) is 79.0 Å². The fourth-order valence-corrected chi connectivity index (χ4v) is 3.91. The molecule has 0 atom stereocenters. The molecule has 2 aromatic carbocycles. The van der Waals surface area contributed by atoms with Gasteiger partial charge >= 0.3 is 0 Å². The molecule has 5 aromatic rings. The highest BCUT2D eigenvalue weighted by Crippen LogP contribution is 2.33. The maximum Gasteiger partial charge on any atom is 0.165 e. The lowest BCUT2D eigenvalue weighted by Crippen LogP contribution is -2.02. The topological polar surface area (TPSA) is 78.9 Å². The standard InChI is InChI=1S/C25H20ClN5O/c1-32-22-7-3-2-5-18(22)20-12-13-21-25(29-20)31(17-10-8-16(15-26)9-11-17)24(30-21)19-6-4-14-28-23(19)27/h2-14H,15H2,1H3,(H2,27,28). The van der Waals surface area contributed by atoms with Crippen LogP contribution >= 0.6 is 11.6 Å². The highest BCUT2D eigenvalue weighted by atomic mass is 35.5. The molecule has 32 heavy (non-hydrogen) atoms. The van der Waals surface area contributed by atoms with E-state index in [4.69, 9.17) is 32.0 Å². The summed E-state index contributed by atoms with van der Waals surface area (Å²) in [4.78, 5) is 14.1. The molecular formula is C25H20ClN5O. The fourth-order valence-electron chi connectivity index (χ4n) is 3.73. The first-order chi connectivity index (χ1) is 15.7. The fraction of sp³-hybridized carbons (Fsp3) is 0.0800. The van der Waals surface area contributed by atoms with Crippen LogP contribution in [-0.2, 0) is 5.88 Å². The van der Waals surface area contributed by atoms with Crippen LogP contribution in [0.5, 0.6) is 5.75 Å². The van der Waals surface area contributed by atoms with Crippen molar-refractivity contribution in [1.29, 1.82) is 0 Å². The van der Waals surface area contributed by atoms with Gasteiger partial charge in [-0.3, -0.25) is 4.57 Å². The van der Waals surface area contributed by atoms with Crippen LogP contribution in [0.3, 0.4) is 0 Å². The number of anilines is 1. The number of alkyl halides is 1. The number of rotatable bonds is 5. The number of aromatic nitrogens is 4. The summed E-state index contributed by atoms with van der Waals surface area (Å²) >= 11 is 6.00. The van der Waals surface area contributed by atoms with Gasteiger partial charge in [0.15, 0.2) is 11.5 Å². The number of para-hydroxylation sites is 1. The van der Waals surface area contributed by atoms with E-state index in [-0.39, 0.29) is 0 Å². The molecule has 0 radical (unpaired) electrons. The highest BCUT2D eigenvalue weighted by molar-refractivity contribution is 6.17. The van der Waals surface area contributed by atoms with Crippen molar-refractivity contribution in [1.82, 2.24) is 19.5 Å². The molecule has 0 unspecified atom stereocenters. The summed E-state index contributed by atoms with van der Waals surface area (Å²) in [6, 6.07) is 23.5. The van der Waals surface area contributed by atoms with Gasteiger partial charge in [-0.05, 0) is 54.1 Å². The lowest BCUT2D eigenvalue weighted by molar-refractivity contribution is 0.416. The van der Waals surface area contributed by atoms with Crippen LogP contribution < -0.4 is 10.5 Å². The first-order valence-electron chi connectivity index (χ1n) is 10.1. The molecule has 0 spiro atoms. The Labute approximate surface area is 190 Å². The maximum absolute atomic E-state index is 6.21. The number of imidazole rings is 1. The van der Waals surface area contributed by atoms with E-state index >= 15 is 0 Å². The molecule has 0 saturated heterocycles. The summed E-state index contributed by atoms with van der Waals surface area (Å²) < 4.78 is 7.54. The summed E-state index contributed by atoms with van der Waals surface area (Å²) in [5, 5.41) is 0. The predicted octanol–water partition coefficient (Wildman–Crippen LogP) is 5.48. The Hall–Kier alpha value is -3.90. The molecular weight excluding hydrogens is 422 g/mol. The lowest BCUT2D eigenvalue weighted by atomic mass is 10.1. The molecule has 0 amide bonds. The number of hydrogen-bond acceptors (Lipinski definition) is 5. The summed E-state index contributed by atoms with van der Waals surface area (Å²) in [5.41, 5.74) is 12.1. The van der Waals surface area contributed by atoms with Crippen molar-refractivity contribution in [2.75, 3.05) is 12.8 Å². The second-order valence-electron chi connectivity index (χ2n) is 7.25. The molecule has 0 aliphatic heterocycles. The summed E-state index contributed by atoms with van der Waals surface area (Å²) in [5.74, 6) is 2.29. The molecule has 158 valence electrons. The smallest absolute Gasteiger partial charge is 0.165 e. The molecule has 0 aliphatic carbocycles. The first-order valence-corrected chi connectivity index (χ1v) is 10.6. The van der Waals surface area contributed by atoms with Crippen molar-refractivity contribution in [3.8, 4) is 34.1 Å². The highest BCUT2D eigenvalue weighted by Gasteiger charge is 2.19. The van der Waals surface area contributed by atoms with Crippen molar-refractivity contribution >= 4 is 28.6 Å². The molecule has 0 bridgehead atoms. The molecule has 2 N–H and O–H groups in total. The quantitative estimate of drug-likeness (QED) is 0.365. The first kappa shape index (κ1) is 20.0. The third kappa shape index (κ3) is 3.44. The van der Waals surface area contributed by atoms with E-state index in [0.717, 1.165) is 39.3 Å². The van der Waals surface area contributed by atoms with Crippen molar-refractivity contribution in [3.05, 3.63) is 84.6 Å². The molecule has 7 heteroatoms. The molecule has 3 aromatic heterocycles. The van der Waals surface area contributed by atoms with E-state index in [1.54, 1.807) is 13.3 Å². The number of benzene rings is 2. The summed E-state index contributed by atoms with van der Waals surface area (Å²) in [6.45, 7) is 0. The number of pyridine rings is 2. The van der Waals surface area contributed by atoms with Gasteiger partial charge in [0.05, 0.1) is 18.4 Å². The van der Waals surface area contributed by atoms with Crippen LogP contribution in [0, 0.1) is 0 Å². The molecule has 0 aliphatic rings. The van der Waals surface area contributed by atoms with E-state index in [0.29, 0.717) is 23.2 Å². The second-order valence-corrected chi connectivity index (χ2v) is 7.51. The Bertz CT molecular complexity index is 1410. The Morgan fingerprint density at radius 1 is 0.906 bits per heavy atom. The average molecular weight is 442 g/mol. The number of halogens is 1. The van der Waals surface area contributed by atoms with Gasteiger partial charge in [-0.15, -0.1) is 11.6 Å². The van der Waals surface area contributed by atoms with Crippen LogP contribution in [0.4, 0.5) is 5.82 Å². The Morgan fingerprint density at radius 3 is 2.44 bits per heavy atom. The van der Waals surface area contributed by atoms with E-state index in [9.17, 15) is 0 Å². The van der Waals surface area contributed by atoms with Gasteiger partial charge in [-0.1, -0.05) is 24.3 Å². The minimum Gasteiger partial charge on any atom is -0.496 e. The number of nitrogens with zero attached hydrogens (tertiary/aromatic N) is 4. The minimum absolute atomic E-state index is 0.409. The van der Waals surface area contributed by atoms with Crippen LogP contribution in [0.2, 0.25) is 0 Å². The number of ether oxygens (including phenoxy) is 1. The van der Waals surface area contributed by atoms with Crippen molar-refractivity contribution in [3.63, 3.8) is 0 Å². The summed E-state index contributed by atoms with van der Waals surface area (Å²) in [7, 11) is 1.66. The van der Waals surface area contributed by atoms with Gasteiger partial charge in [0.2, 0.25) is 0 Å². The van der Waals surface area contributed by atoms with Gasteiger partial charge < -0.3 is 10.5 Å². The normalized spacial score (nSPS) is 11.1. The van der Waals surface area contributed by atoms with Crippen molar-refractivity contribution < 1.29 is 4.74 Å². The predicted molar refractivity (Wildman–Crippen MR) is 128 cm³/mol. The lowest BCUT2D eigenvalue weighted by Gasteiger charge is -2.12. The minimum atomic E-state index is 0.409. The van der Waals surface area contributed by atoms with Gasteiger partial charge in [0, 0.05) is 23.3 Å². The van der Waals surface area contributed by atoms with Gasteiger partial charge in [0.1, 0.15) is 17.1 Å². The third-order valence-corrected chi connectivity index (χ3v) is 5.62. The molecule has 3 heterocycles. The Balaban J connectivity index is 1.79. The monoisotopic (exact) mass is 441 g/mol.